The maximum absolute atomic E-state index is 13.0. The highest BCUT2D eigenvalue weighted by atomic mass is 35.5. The van der Waals surface area contributed by atoms with Crippen molar-refractivity contribution in [1.29, 1.82) is 0 Å². The third-order valence-corrected chi connectivity index (χ3v) is 10.0. The topological polar surface area (TPSA) is 93.3 Å². The van der Waals surface area contributed by atoms with Crippen LogP contribution >= 0.6 is 22.9 Å². The van der Waals surface area contributed by atoms with Crippen molar-refractivity contribution in [2.24, 2.45) is 17.0 Å². The normalized spacial score (nSPS) is 15.6. The van der Waals surface area contributed by atoms with Crippen molar-refractivity contribution in [1.82, 2.24) is 9.47 Å². The summed E-state index contributed by atoms with van der Waals surface area (Å²) >= 11 is 7.63. The van der Waals surface area contributed by atoms with Gasteiger partial charge < -0.3 is 9.64 Å². The number of amides is 1. The highest BCUT2D eigenvalue weighted by Crippen LogP contribution is 2.36. The molecule has 2 aromatic carbocycles. The van der Waals surface area contributed by atoms with E-state index < -0.39 is 9.84 Å². The molecule has 0 atom stereocenters. The number of piperidine rings is 1. The number of carbonyl (C=O) groups is 1. The van der Waals surface area contributed by atoms with Crippen LogP contribution in [0.15, 0.2) is 51.3 Å². The molecule has 1 amide bonds. The molecule has 1 fully saturated rings. The van der Waals surface area contributed by atoms with Crippen LogP contribution in [0.3, 0.4) is 0 Å². The number of sulfone groups is 1. The molecule has 0 unspecified atom stereocenters. The molecule has 0 bridgehead atoms. The molecular weight excluding hydrogens is 544 g/mol. The van der Waals surface area contributed by atoms with E-state index in [9.17, 15) is 13.2 Å². The van der Waals surface area contributed by atoms with Crippen LogP contribution in [0, 0.1) is 0 Å². The van der Waals surface area contributed by atoms with Crippen molar-refractivity contribution >= 4 is 55.9 Å². The standard InChI is InChI=1S/C27H33ClN4O4S2/c1-4-12-30-18-36-26-25(37-27(29-2)31(26)3)19-9-13-32(14-10-19)24(33)11-15-38(34,35)23-8-6-20-16-22(28)7-5-21(20)17-23/h5-8,16-19H,4,9-15H2,1-3H3/b29-27-,30-18+. The van der Waals surface area contributed by atoms with Gasteiger partial charge in [0.2, 0.25) is 11.8 Å². The number of hydrogen-bond donors (Lipinski definition) is 0. The van der Waals surface area contributed by atoms with Crippen LogP contribution in [0.2, 0.25) is 5.02 Å². The molecule has 8 nitrogen and oxygen atoms in total. The maximum Gasteiger partial charge on any atom is 0.223 e. The predicted octanol–water partition coefficient (Wildman–Crippen LogP) is 4.81. The molecular formula is C27H33ClN4O4S2. The number of likely N-dealkylation sites (tertiary alicyclic amines) is 1. The average molecular weight is 577 g/mol. The minimum Gasteiger partial charge on any atom is -0.428 e. The molecule has 3 aromatic rings. The van der Waals surface area contributed by atoms with Crippen LogP contribution in [0.1, 0.15) is 43.4 Å². The van der Waals surface area contributed by atoms with E-state index in [-0.39, 0.29) is 28.9 Å². The van der Waals surface area contributed by atoms with Crippen molar-refractivity contribution in [2.45, 2.75) is 43.4 Å². The summed E-state index contributed by atoms with van der Waals surface area (Å²) in [4.78, 5) is 25.5. The van der Waals surface area contributed by atoms with Gasteiger partial charge in [-0.1, -0.05) is 42.0 Å². The summed E-state index contributed by atoms with van der Waals surface area (Å²) in [6, 6.07) is 10.3. The average Bonchev–Trinajstić information content (AvgIpc) is 3.24. The van der Waals surface area contributed by atoms with E-state index in [4.69, 9.17) is 16.3 Å². The van der Waals surface area contributed by atoms with Crippen LogP contribution in [0.5, 0.6) is 5.88 Å². The number of rotatable bonds is 9. The Morgan fingerprint density at radius 2 is 1.89 bits per heavy atom. The summed E-state index contributed by atoms with van der Waals surface area (Å²) in [5.41, 5.74) is 0. The molecule has 0 saturated carbocycles. The molecule has 0 spiro atoms. The van der Waals surface area contributed by atoms with Gasteiger partial charge in [0.25, 0.3) is 0 Å². The second kappa shape index (κ2) is 12.4. The Kier molecular flexibility index (Phi) is 9.27. The zero-order valence-electron chi connectivity index (χ0n) is 21.9. The number of halogens is 1. The molecule has 2 heterocycles. The largest absolute Gasteiger partial charge is 0.428 e. The van der Waals surface area contributed by atoms with Gasteiger partial charge in [0.05, 0.1) is 15.5 Å². The first-order valence-electron chi connectivity index (χ1n) is 12.7. The number of nitrogens with zero attached hydrogens (tertiary/aromatic N) is 4. The Labute approximate surface area is 232 Å². The Morgan fingerprint density at radius 1 is 1.18 bits per heavy atom. The SMILES string of the molecule is CCC/N=C/Oc1c(C2CCN(C(=O)CCS(=O)(=O)c3ccc4cc(Cl)ccc4c3)CC2)s/c(=N\C)n1C. The Bertz CT molecular complexity index is 1500. The lowest BCUT2D eigenvalue weighted by Gasteiger charge is -2.31. The van der Waals surface area contributed by atoms with Crippen molar-refractivity contribution < 1.29 is 17.9 Å². The minimum absolute atomic E-state index is 0.0409. The Morgan fingerprint density at radius 3 is 2.61 bits per heavy atom. The summed E-state index contributed by atoms with van der Waals surface area (Å²) < 4.78 is 33.8. The van der Waals surface area contributed by atoms with Crippen LogP contribution in [-0.4, -0.2) is 62.6 Å². The van der Waals surface area contributed by atoms with E-state index in [0.29, 0.717) is 24.7 Å². The second-order valence-corrected chi connectivity index (χ2v) is 12.9. The number of hydrogen-bond acceptors (Lipinski definition) is 7. The number of fused-ring (bicyclic) bond motifs is 1. The van der Waals surface area contributed by atoms with E-state index in [1.54, 1.807) is 59.7 Å². The predicted molar refractivity (Wildman–Crippen MR) is 153 cm³/mol. The van der Waals surface area contributed by atoms with Crippen LogP contribution in [-0.2, 0) is 21.7 Å². The molecule has 1 saturated heterocycles. The smallest absolute Gasteiger partial charge is 0.223 e. The number of ether oxygens (including phenoxy) is 1. The minimum atomic E-state index is -3.59. The van der Waals surface area contributed by atoms with Crippen LogP contribution in [0.4, 0.5) is 0 Å². The number of aliphatic imine (C=N–C) groups is 1. The molecule has 0 aliphatic carbocycles. The van der Waals surface area contributed by atoms with Gasteiger partial charge in [-0.3, -0.25) is 19.3 Å². The summed E-state index contributed by atoms with van der Waals surface area (Å²) in [5.74, 6) is 0.616. The Balaban J connectivity index is 1.37. The molecule has 0 N–H and O–H groups in total. The summed E-state index contributed by atoms with van der Waals surface area (Å²) in [7, 11) is 0.0891. The molecule has 11 heteroatoms. The van der Waals surface area contributed by atoms with Crippen molar-refractivity contribution in [3.63, 3.8) is 0 Å². The number of benzene rings is 2. The lowest BCUT2D eigenvalue weighted by atomic mass is 9.95. The van der Waals surface area contributed by atoms with Crippen LogP contribution in [0.25, 0.3) is 10.8 Å². The van der Waals surface area contributed by atoms with Gasteiger partial charge in [-0.05, 0) is 54.3 Å². The zero-order valence-corrected chi connectivity index (χ0v) is 24.3. The molecule has 1 aliphatic rings. The van der Waals surface area contributed by atoms with Gasteiger partial charge in [-0.25, -0.2) is 8.42 Å². The number of thiazole rings is 1. The van der Waals surface area contributed by atoms with E-state index in [0.717, 1.165) is 45.6 Å². The first-order chi connectivity index (χ1) is 18.2. The Hall–Kier alpha value is -2.69. The van der Waals surface area contributed by atoms with Gasteiger partial charge in [0, 0.05) is 51.1 Å². The van der Waals surface area contributed by atoms with Gasteiger partial charge in [-0.15, -0.1) is 0 Å². The van der Waals surface area contributed by atoms with E-state index in [2.05, 4.69) is 16.9 Å². The van der Waals surface area contributed by atoms with Crippen molar-refractivity contribution in [2.75, 3.05) is 32.4 Å². The third-order valence-electron chi connectivity index (χ3n) is 6.72. The molecule has 1 aromatic heterocycles. The number of carbonyl (C=O) groups excluding carboxylic acids is 1. The summed E-state index contributed by atoms with van der Waals surface area (Å²) in [6.45, 7) is 3.92. The van der Waals surface area contributed by atoms with Gasteiger partial charge in [-0.2, -0.15) is 0 Å². The first-order valence-corrected chi connectivity index (χ1v) is 15.6. The molecule has 38 heavy (non-hydrogen) atoms. The lowest BCUT2D eigenvalue weighted by molar-refractivity contribution is -0.131. The van der Waals surface area contributed by atoms with Gasteiger partial charge in [0.1, 0.15) is 0 Å². The van der Waals surface area contributed by atoms with Gasteiger partial charge >= 0.3 is 0 Å². The highest BCUT2D eigenvalue weighted by Gasteiger charge is 2.29. The fourth-order valence-corrected chi connectivity index (χ4v) is 7.22. The zero-order chi connectivity index (χ0) is 27.3. The monoisotopic (exact) mass is 576 g/mol. The highest BCUT2D eigenvalue weighted by molar-refractivity contribution is 7.91. The van der Waals surface area contributed by atoms with E-state index in [1.165, 1.54) is 6.40 Å². The fraction of sp³-hybridized carbons (Fsp3) is 0.444. The quantitative estimate of drug-likeness (QED) is 0.270. The first kappa shape index (κ1) is 28.3. The molecule has 0 radical (unpaired) electrons. The maximum atomic E-state index is 13.0. The van der Waals surface area contributed by atoms with E-state index in [1.807, 2.05) is 11.6 Å². The molecule has 1 aliphatic heterocycles. The summed E-state index contributed by atoms with van der Waals surface area (Å²) in [6.07, 6.45) is 3.96. The van der Waals surface area contributed by atoms with Crippen LogP contribution < -0.4 is 9.54 Å². The molecule has 4 rings (SSSR count). The van der Waals surface area contributed by atoms with Gasteiger partial charge in [0.15, 0.2) is 21.0 Å². The summed E-state index contributed by atoms with van der Waals surface area (Å²) in [5, 5.41) is 2.27. The van der Waals surface area contributed by atoms with E-state index >= 15 is 0 Å². The third kappa shape index (κ3) is 6.47. The number of aromatic nitrogens is 1. The lowest BCUT2D eigenvalue weighted by Crippen LogP contribution is -2.38. The van der Waals surface area contributed by atoms with Crippen molar-refractivity contribution in [3.05, 3.63) is 51.1 Å². The second-order valence-electron chi connectivity index (χ2n) is 9.34. The fourth-order valence-electron chi connectivity index (χ4n) is 4.60. The molecule has 204 valence electrons. The van der Waals surface area contributed by atoms with Crippen molar-refractivity contribution in [3.8, 4) is 5.88 Å².